The number of anilines is 2. The Bertz CT molecular complexity index is 356. The van der Waals surface area contributed by atoms with E-state index in [1.165, 1.54) is 0 Å². The average molecular weight is 258 g/mol. The lowest BCUT2D eigenvalue weighted by atomic mass is 10.3. The highest BCUT2D eigenvalue weighted by Crippen LogP contribution is 2.22. The summed E-state index contributed by atoms with van der Waals surface area (Å²) in [6.45, 7) is 1.96. The molecule has 17 heavy (non-hydrogen) atoms. The normalized spacial score (nSPS) is 10.7. The minimum atomic E-state index is 0.580. The molecule has 96 valence electrons. The van der Waals surface area contributed by atoms with Crippen LogP contribution in [0, 0.1) is 0 Å². The van der Waals surface area contributed by atoms with Crippen LogP contribution < -0.4 is 10.2 Å². The van der Waals surface area contributed by atoms with E-state index in [0.717, 1.165) is 25.3 Å². The molecule has 1 aromatic rings. The molecular weight excluding hydrogens is 238 g/mol. The Morgan fingerprint density at radius 1 is 1.29 bits per heavy atom. The first-order valence-corrected chi connectivity index (χ1v) is 5.98. The first-order valence-electron chi connectivity index (χ1n) is 5.60. The van der Waals surface area contributed by atoms with Crippen LogP contribution in [0.15, 0.2) is 6.20 Å². The fourth-order valence-corrected chi connectivity index (χ4v) is 1.71. The minimum Gasteiger partial charge on any atom is -0.358 e. The molecule has 0 unspecified atom stereocenters. The smallest absolute Gasteiger partial charge is 0.224 e. The first kappa shape index (κ1) is 14.0. The molecule has 0 saturated heterocycles. The molecule has 0 atom stereocenters. The van der Waals surface area contributed by atoms with Gasteiger partial charge >= 0.3 is 0 Å². The summed E-state index contributed by atoms with van der Waals surface area (Å²) in [6, 6.07) is 0. The van der Waals surface area contributed by atoms with E-state index in [-0.39, 0.29) is 0 Å². The first-order chi connectivity index (χ1) is 8.04. The third-order valence-electron chi connectivity index (χ3n) is 2.41. The average Bonchev–Trinajstić information content (AvgIpc) is 2.29. The molecule has 1 aromatic heterocycles. The Morgan fingerprint density at radius 2 is 2.00 bits per heavy atom. The van der Waals surface area contributed by atoms with Crippen LogP contribution in [0.5, 0.6) is 0 Å². The molecule has 0 spiro atoms. The lowest BCUT2D eigenvalue weighted by Gasteiger charge is -2.20. The zero-order valence-electron chi connectivity index (χ0n) is 10.9. The van der Waals surface area contributed by atoms with E-state index >= 15 is 0 Å². The lowest BCUT2D eigenvalue weighted by Crippen LogP contribution is -2.24. The second kappa shape index (κ2) is 6.61. The van der Waals surface area contributed by atoms with Crippen LogP contribution in [0.4, 0.5) is 11.8 Å². The second-order valence-corrected chi connectivity index (χ2v) is 4.60. The van der Waals surface area contributed by atoms with Crippen molar-refractivity contribution in [1.29, 1.82) is 0 Å². The summed E-state index contributed by atoms with van der Waals surface area (Å²) in [7, 11) is 7.91. The van der Waals surface area contributed by atoms with Crippen molar-refractivity contribution in [1.82, 2.24) is 14.9 Å². The quantitative estimate of drug-likeness (QED) is 0.838. The molecule has 0 bridgehead atoms. The van der Waals surface area contributed by atoms with Gasteiger partial charge < -0.3 is 15.1 Å². The van der Waals surface area contributed by atoms with E-state index < -0.39 is 0 Å². The van der Waals surface area contributed by atoms with Crippen molar-refractivity contribution < 1.29 is 0 Å². The Labute approximate surface area is 108 Å². The molecule has 0 aromatic carbocycles. The number of nitrogens with one attached hydrogen (secondary N) is 1. The Kier molecular flexibility index (Phi) is 5.44. The van der Waals surface area contributed by atoms with Gasteiger partial charge in [0, 0.05) is 20.6 Å². The summed E-state index contributed by atoms with van der Waals surface area (Å²) >= 11 is 6.08. The van der Waals surface area contributed by atoms with Gasteiger partial charge in [0.25, 0.3) is 0 Å². The number of nitrogens with zero attached hydrogens (tertiary/aromatic N) is 4. The summed E-state index contributed by atoms with van der Waals surface area (Å²) < 4.78 is 0. The molecule has 0 amide bonds. The van der Waals surface area contributed by atoms with Gasteiger partial charge in [-0.2, -0.15) is 4.98 Å². The maximum absolute atomic E-state index is 6.08. The maximum Gasteiger partial charge on any atom is 0.224 e. The van der Waals surface area contributed by atoms with Crippen molar-refractivity contribution in [3.05, 3.63) is 11.2 Å². The van der Waals surface area contributed by atoms with Crippen LogP contribution in [0.3, 0.4) is 0 Å². The lowest BCUT2D eigenvalue weighted by molar-refractivity contribution is 0.401. The van der Waals surface area contributed by atoms with Crippen molar-refractivity contribution in [2.45, 2.75) is 6.42 Å². The SMILES string of the molecule is CNc1ncc(Cl)c(N(C)CCCN(C)C)n1. The fourth-order valence-electron chi connectivity index (χ4n) is 1.48. The zero-order valence-corrected chi connectivity index (χ0v) is 11.6. The van der Waals surface area contributed by atoms with Crippen LogP contribution in [0.2, 0.25) is 5.02 Å². The molecular formula is C11H20ClN5. The highest BCUT2D eigenvalue weighted by Gasteiger charge is 2.09. The number of hydrogen-bond donors (Lipinski definition) is 1. The predicted molar refractivity (Wildman–Crippen MR) is 73.0 cm³/mol. The number of rotatable bonds is 6. The van der Waals surface area contributed by atoms with Gasteiger partial charge in [0.05, 0.1) is 6.20 Å². The molecule has 1 rings (SSSR count). The topological polar surface area (TPSA) is 44.3 Å². The number of aromatic nitrogens is 2. The summed E-state index contributed by atoms with van der Waals surface area (Å²) in [4.78, 5) is 12.6. The highest BCUT2D eigenvalue weighted by atomic mass is 35.5. The highest BCUT2D eigenvalue weighted by molar-refractivity contribution is 6.32. The van der Waals surface area contributed by atoms with E-state index in [1.807, 2.05) is 11.9 Å². The predicted octanol–water partition coefficient (Wildman–Crippen LogP) is 1.56. The molecule has 1 heterocycles. The molecule has 0 fully saturated rings. The number of halogens is 1. The van der Waals surface area contributed by atoms with Crippen LogP contribution in [-0.2, 0) is 0 Å². The molecule has 5 nitrogen and oxygen atoms in total. The third kappa shape index (κ3) is 4.36. The molecule has 6 heteroatoms. The van der Waals surface area contributed by atoms with E-state index in [0.29, 0.717) is 11.0 Å². The van der Waals surface area contributed by atoms with Gasteiger partial charge in [0.2, 0.25) is 5.95 Å². The van der Waals surface area contributed by atoms with E-state index in [2.05, 4.69) is 34.3 Å². The Morgan fingerprint density at radius 3 is 2.59 bits per heavy atom. The Hall–Kier alpha value is -1.07. The van der Waals surface area contributed by atoms with Crippen LogP contribution in [0.1, 0.15) is 6.42 Å². The molecule has 0 aliphatic rings. The van der Waals surface area contributed by atoms with Gasteiger partial charge in [-0.1, -0.05) is 11.6 Å². The zero-order chi connectivity index (χ0) is 12.8. The molecule has 0 aliphatic carbocycles. The second-order valence-electron chi connectivity index (χ2n) is 4.19. The molecule has 0 aliphatic heterocycles. The van der Waals surface area contributed by atoms with Gasteiger partial charge in [0.1, 0.15) is 5.02 Å². The summed E-state index contributed by atoms with van der Waals surface area (Å²) in [5.41, 5.74) is 0. The summed E-state index contributed by atoms with van der Waals surface area (Å²) in [5.74, 6) is 1.36. The summed E-state index contributed by atoms with van der Waals surface area (Å²) in [5, 5.41) is 3.49. The van der Waals surface area contributed by atoms with Crippen LogP contribution >= 0.6 is 11.6 Å². The largest absolute Gasteiger partial charge is 0.358 e. The van der Waals surface area contributed by atoms with E-state index in [4.69, 9.17) is 11.6 Å². The Balaban J connectivity index is 2.64. The standard InChI is InChI=1S/C11H20ClN5/c1-13-11-14-8-9(12)10(15-11)17(4)7-5-6-16(2)3/h8H,5-7H2,1-4H3,(H,13,14,15). The third-order valence-corrected chi connectivity index (χ3v) is 2.68. The van der Waals surface area contributed by atoms with Crippen molar-refractivity contribution in [2.75, 3.05) is 51.5 Å². The van der Waals surface area contributed by atoms with Gasteiger partial charge in [-0.05, 0) is 27.1 Å². The maximum atomic E-state index is 6.08. The van der Waals surface area contributed by atoms with Crippen molar-refractivity contribution >= 4 is 23.4 Å². The van der Waals surface area contributed by atoms with E-state index in [9.17, 15) is 0 Å². The van der Waals surface area contributed by atoms with Gasteiger partial charge in [-0.15, -0.1) is 0 Å². The van der Waals surface area contributed by atoms with Gasteiger partial charge in [-0.3, -0.25) is 0 Å². The van der Waals surface area contributed by atoms with Crippen molar-refractivity contribution in [2.24, 2.45) is 0 Å². The molecule has 1 N–H and O–H groups in total. The number of hydrogen-bond acceptors (Lipinski definition) is 5. The minimum absolute atomic E-state index is 0.580. The van der Waals surface area contributed by atoms with Crippen LogP contribution in [-0.4, -0.2) is 56.1 Å². The van der Waals surface area contributed by atoms with E-state index in [1.54, 1.807) is 13.2 Å². The fraction of sp³-hybridized carbons (Fsp3) is 0.636. The molecule has 0 saturated carbocycles. The van der Waals surface area contributed by atoms with Crippen LogP contribution in [0.25, 0.3) is 0 Å². The summed E-state index contributed by atoms with van der Waals surface area (Å²) in [6.07, 6.45) is 2.69. The molecule has 0 radical (unpaired) electrons. The van der Waals surface area contributed by atoms with Gasteiger partial charge in [-0.25, -0.2) is 4.98 Å². The monoisotopic (exact) mass is 257 g/mol. The van der Waals surface area contributed by atoms with Gasteiger partial charge in [0.15, 0.2) is 5.82 Å². The van der Waals surface area contributed by atoms with Crippen molar-refractivity contribution in [3.8, 4) is 0 Å². The van der Waals surface area contributed by atoms with Crippen molar-refractivity contribution in [3.63, 3.8) is 0 Å².